The van der Waals surface area contributed by atoms with Crippen molar-refractivity contribution in [2.75, 3.05) is 31.6 Å². The number of H-pyrrole nitrogens is 1. The molecular formula is C25H23FN6O2S. The molecule has 178 valence electrons. The topological polar surface area (TPSA) is 103 Å². The van der Waals surface area contributed by atoms with E-state index < -0.39 is 17.5 Å². The number of benzene rings is 1. The number of piperidine rings is 1. The first-order valence-electron chi connectivity index (χ1n) is 11.5. The number of rotatable bonds is 5. The van der Waals surface area contributed by atoms with Gasteiger partial charge in [0, 0.05) is 55.0 Å². The maximum atomic E-state index is 15.0. The van der Waals surface area contributed by atoms with Gasteiger partial charge in [0.05, 0.1) is 22.4 Å². The van der Waals surface area contributed by atoms with Gasteiger partial charge in [-0.2, -0.15) is 0 Å². The first-order chi connectivity index (χ1) is 17.0. The van der Waals surface area contributed by atoms with Gasteiger partial charge >= 0.3 is 0 Å². The summed E-state index contributed by atoms with van der Waals surface area (Å²) in [4.78, 5) is 41.7. The molecule has 1 fully saturated rings. The third-order valence-electron chi connectivity index (χ3n) is 6.77. The third kappa shape index (κ3) is 3.60. The fraction of sp³-hybridized carbons (Fsp3) is 0.280. The maximum Gasteiger partial charge on any atom is 0.261 e. The van der Waals surface area contributed by atoms with Gasteiger partial charge in [0.1, 0.15) is 10.5 Å². The second kappa shape index (κ2) is 8.24. The van der Waals surface area contributed by atoms with E-state index in [9.17, 15) is 9.59 Å². The SMILES string of the molecule is CNCC1(F)CCN(c2nc(C3=C(c4c[nH]c5sccc45)C(=O)NC3=O)c3ccccc3n2)CC1. The molecule has 3 N–H and O–H groups in total. The van der Waals surface area contributed by atoms with Gasteiger partial charge in [-0.15, -0.1) is 11.3 Å². The summed E-state index contributed by atoms with van der Waals surface area (Å²) in [6.45, 7) is 1.22. The van der Waals surface area contributed by atoms with Crippen molar-refractivity contribution in [2.24, 2.45) is 0 Å². The summed E-state index contributed by atoms with van der Waals surface area (Å²) in [6, 6.07) is 9.36. The zero-order valence-electron chi connectivity index (χ0n) is 19.0. The number of hydrogen-bond donors (Lipinski definition) is 3. The number of carbonyl (C=O) groups excluding carboxylic acids is 2. The number of anilines is 1. The van der Waals surface area contributed by atoms with Crippen LogP contribution in [0.3, 0.4) is 0 Å². The number of amides is 2. The van der Waals surface area contributed by atoms with Gasteiger partial charge in [-0.3, -0.25) is 14.9 Å². The highest BCUT2D eigenvalue weighted by Gasteiger charge is 2.37. The zero-order valence-corrected chi connectivity index (χ0v) is 19.8. The van der Waals surface area contributed by atoms with Gasteiger partial charge in [-0.1, -0.05) is 18.2 Å². The van der Waals surface area contributed by atoms with Gasteiger partial charge in [0.2, 0.25) is 5.95 Å². The second-order valence-electron chi connectivity index (χ2n) is 8.96. The van der Waals surface area contributed by atoms with Crippen molar-refractivity contribution in [3.8, 4) is 0 Å². The number of aromatic nitrogens is 3. The van der Waals surface area contributed by atoms with Crippen LogP contribution in [0, 0.1) is 0 Å². The third-order valence-corrected chi connectivity index (χ3v) is 7.61. The standard InChI is InChI=1S/C25H23FN6O2S/c1-27-13-25(26)7-9-32(10-8-25)24-29-17-5-3-2-4-15(17)20(30-24)19-18(21(33)31-22(19)34)16-12-28-23-14(16)6-11-35-23/h2-6,11-12,27-28H,7-10,13H2,1H3,(H,31,33,34). The Bertz CT molecular complexity index is 1510. The van der Waals surface area contributed by atoms with Gasteiger partial charge < -0.3 is 15.2 Å². The smallest absolute Gasteiger partial charge is 0.261 e. The van der Waals surface area contributed by atoms with Crippen molar-refractivity contribution in [2.45, 2.75) is 18.5 Å². The lowest BCUT2D eigenvalue weighted by molar-refractivity contribution is -0.122. The van der Waals surface area contributed by atoms with Crippen LogP contribution in [0.2, 0.25) is 0 Å². The van der Waals surface area contributed by atoms with E-state index in [-0.39, 0.29) is 5.57 Å². The Balaban J connectivity index is 1.51. The average Bonchev–Trinajstić information content (AvgIpc) is 3.53. The molecule has 3 aromatic heterocycles. The Hall–Kier alpha value is -3.63. The molecule has 4 aromatic rings. The first-order valence-corrected chi connectivity index (χ1v) is 12.4. The second-order valence-corrected chi connectivity index (χ2v) is 9.87. The number of nitrogens with one attached hydrogen (secondary N) is 3. The number of thiophene rings is 1. The monoisotopic (exact) mass is 490 g/mol. The number of para-hydroxylation sites is 1. The Labute approximate surface area is 204 Å². The highest BCUT2D eigenvalue weighted by Crippen LogP contribution is 2.38. The van der Waals surface area contributed by atoms with Crippen molar-refractivity contribution in [3.05, 3.63) is 53.2 Å². The van der Waals surface area contributed by atoms with Crippen LogP contribution in [0.4, 0.5) is 10.3 Å². The largest absolute Gasteiger partial charge is 0.352 e. The lowest BCUT2D eigenvalue weighted by atomic mass is 9.93. The van der Waals surface area contributed by atoms with E-state index in [1.165, 1.54) is 11.3 Å². The summed E-state index contributed by atoms with van der Waals surface area (Å²) in [5.74, 6) is -0.507. The Morgan fingerprint density at radius 3 is 2.66 bits per heavy atom. The van der Waals surface area contributed by atoms with E-state index >= 15 is 4.39 Å². The van der Waals surface area contributed by atoms with Gasteiger partial charge in [-0.25, -0.2) is 14.4 Å². The molecule has 0 spiro atoms. The number of alkyl halides is 1. The molecule has 0 atom stereocenters. The van der Waals surface area contributed by atoms with Crippen LogP contribution in [-0.2, 0) is 9.59 Å². The van der Waals surface area contributed by atoms with Gasteiger partial charge in [0.15, 0.2) is 0 Å². The fourth-order valence-corrected chi connectivity index (χ4v) is 5.76. The molecule has 0 saturated carbocycles. The summed E-state index contributed by atoms with van der Waals surface area (Å²) in [5, 5.41) is 8.88. The van der Waals surface area contributed by atoms with Crippen molar-refractivity contribution in [1.82, 2.24) is 25.6 Å². The predicted octanol–water partition coefficient (Wildman–Crippen LogP) is 3.27. The van der Waals surface area contributed by atoms with Crippen LogP contribution in [-0.4, -0.2) is 59.1 Å². The number of imide groups is 1. The van der Waals surface area contributed by atoms with E-state index in [2.05, 4.69) is 15.6 Å². The van der Waals surface area contributed by atoms with Crippen molar-refractivity contribution in [3.63, 3.8) is 0 Å². The van der Waals surface area contributed by atoms with Gasteiger partial charge in [-0.05, 0) is 24.6 Å². The van der Waals surface area contributed by atoms with E-state index in [1.54, 1.807) is 13.2 Å². The molecule has 0 radical (unpaired) electrons. The molecule has 2 aliphatic rings. The van der Waals surface area contributed by atoms with Crippen molar-refractivity contribution in [1.29, 1.82) is 0 Å². The summed E-state index contributed by atoms with van der Waals surface area (Å²) in [7, 11) is 1.75. The number of halogens is 1. The molecule has 10 heteroatoms. The minimum absolute atomic E-state index is 0.231. The van der Waals surface area contributed by atoms with Crippen LogP contribution >= 0.6 is 11.3 Å². The van der Waals surface area contributed by atoms with Crippen molar-refractivity contribution < 1.29 is 14.0 Å². The predicted molar refractivity (Wildman–Crippen MR) is 135 cm³/mol. The zero-order chi connectivity index (χ0) is 24.2. The molecule has 2 aliphatic heterocycles. The number of hydrogen-bond acceptors (Lipinski definition) is 7. The van der Waals surface area contributed by atoms with E-state index in [4.69, 9.17) is 9.97 Å². The van der Waals surface area contributed by atoms with E-state index in [0.717, 1.165) is 10.2 Å². The molecule has 0 bridgehead atoms. The molecule has 0 unspecified atom stereocenters. The highest BCUT2D eigenvalue weighted by molar-refractivity contribution is 7.16. The quantitative estimate of drug-likeness (QED) is 0.371. The summed E-state index contributed by atoms with van der Waals surface area (Å²) >= 11 is 1.53. The number of carbonyl (C=O) groups is 2. The molecule has 1 aromatic carbocycles. The maximum absolute atomic E-state index is 15.0. The number of nitrogens with zero attached hydrogens (tertiary/aromatic N) is 3. The fourth-order valence-electron chi connectivity index (χ4n) is 4.99. The van der Waals surface area contributed by atoms with Crippen LogP contribution in [0.5, 0.6) is 0 Å². The molecule has 35 heavy (non-hydrogen) atoms. The summed E-state index contributed by atoms with van der Waals surface area (Å²) < 4.78 is 15.0. The molecule has 5 heterocycles. The van der Waals surface area contributed by atoms with Crippen LogP contribution in [0.15, 0.2) is 41.9 Å². The average molecular weight is 491 g/mol. The van der Waals surface area contributed by atoms with Gasteiger partial charge in [0.25, 0.3) is 11.8 Å². The molecular weight excluding hydrogens is 467 g/mol. The highest BCUT2D eigenvalue weighted by atomic mass is 32.1. The van der Waals surface area contributed by atoms with E-state index in [1.807, 2.05) is 40.6 Å². The lowest BCUT2D eigenvalue weighted by Gasteiger charge is -2.36. The Morgan fingerprint density at radius 2 is 1.86 bits per heavy atom. The molecule has 2 amide bonds. The number of fused-ring (bicyclic) bond motifs is 2. The Kier molecular flexibility index (Phi) is 5.15. The normalized spacial score (nSPS) is 18.2. The van der Waals surface area contributed by atoms with Crippen LogP contribution < -0.4 is 15.5 Å². The van der Waals surface area contributed by atoms with Crippen LogP contribution in [0.1, 0.15) is 24.1 Å². The lowest BCUT2D eigenvalue weighted by Crippen LogP contribution is -2.47. The first kappa shape index (κ1) is 21.9. The summed E-state index contributed by atoms with van der Waals surface area (Å²) in [5.41, 5.74) is 0.989. The number of aromatic amines is 1. The Morgan fingerprint density at radius 1 is 1.09 bits per heavy atom. The molecule has 8 nitrogen and oxygen atoms in total. The molecule has 0 aliphatic carbocycles. The minimum atomic E-state index is -1.27. The van der Waals surface area contributed by atoms with E-state index in [0.29, 0.717) is 66.2 Å². The minimum Gasteiger partial charge on any atom is -0.352 e. The molecule has 6 rings (SSSR count). The van der Waals surface area contributed by atoms with Crippen molar-refractivity contribution >= 4 is 61.4 Å². The molecule has 1 saturated heterocycles. The summed E-state index contributed by atoms with van der Waals surface area (Å²) in [6.07, 6.45) is 2.46. The van der Waals surface area contributed by atoms with Crippen LogP contribution in [0.25, 0.3) is 32.3 Å².